The predicted molar refractivity (Wildman–Crippen MR) is 100 cm³/mol. The molecule has 0 aromatic heterocycles. The molecule has 1 saturated heterocycles. The van der Waals surface area contributed by atoms with Crippen LogP contribution in [0.3, 0.4) is 0 Å². The summed E-state index contributed by atoms with van der Waals surface area (Å²) in [6.07, 6.45) is 3.62. The standard InChI is InChI=1S/C18H24N4O3S/c1-18(2,13-19)17(23)20-14-8-7-9-15(12-14)26(24,25)21-16-10-5-4-6-11-22(16)3/h7-9,12H,4-6,10-11H2,1-3H3,(H,20,23)/b21-16+. The van der Waals surface area contributed by atoms with E-state index in [2.05, 4.69) is 9.71 Å². The molecule has 0 unspecified atom stereocenters. The number of amidine groups is 1. The van der Waals surface area contributed by atoms with Crippen molar-refractivity contribution < 1.29 is 13.2 Å². The Morgan fingerprint density at radius 1 is 1.31 bits per heavy atom. The number of hydrogen-bond acceptors (Lipinski definition) is 4. The lowest BCUT2D eigenvalue weighted by Crippen LogP contribution is -2.29. The number of hydrogen-bond donors (Lipinski definition) is 1. The molecule has 0 atom stereocenters. The number of nitrogens with zero attached hydrogens (tertiary/aromatic N) is 3. The molecular formula is C18H24N4O3S. The van der Waals surface area contributed by atoms with Crippen LogP contribution in [-0.2, 0) is 14.8 Å². The zero-order valence-corrected chi connectivity index (χ0v) is 16.1. The minimum Gasteiger partial charge on any atom is -0.362 e. The van der Waals surface area contributed by atoms with Crippen LogP contribution >= 0.6 is 0 Å². The second-order valence-corrected chi connectivity index (χ2v) is 8.54. The highest BCUT2D eigenvalue weighted by atomic mass is 32.2. The maximum Gasteiger partial charge on any atom is 0.284 e. The van der Waals surface area contributed by atoms with Gasteiger partial charge in [0.05, 0.1) is 11.0 Å². The highest BCUT2D eigenvalue weighted by molar-refractivity contribution is 7.90. The van der Waals surface area contributed by atoms with Crippen LogP contribution in [0.2, 0.25) is 0 Å². The molecule has 1 aliphatic heterocycles. The second kappa shape index (κ2) is 7.87. The summed E-state index contributed by atoms with van der Waals surface area (Å²) in [5.74, 6) is 0.0620. The maximum absolute atomic E-state index is 12.7. The van der Waals surface area contributed by atoms with Crippen molar-refractivity contribution in [2.75, 3.05) is 18.9 Å². The van der Waals surface area contributed by atoms with Crippen molar-refractivity contribution in [1.82, 2.24) is 4.90 Å². The Morgan fingerprint density at radius 3 is 2.73 bits per heavy atom. The van der Waals surface area contributed by atoms with Gasteiger partial charge >= 0.3 is 0 Å². The summed E-state index contributed by atoms with van der Waals surface area (Å²) < 4.78 is 29.4. The number of rotatable bonds is 4. The molecule has 1 aliphatic rings. The number of benzene rings is 1. The fraction of sp³-hybridized carbons (Fsp3) is 0.500. The molecule has 1 fully saturated rings. The van der Waals surface area contributed by atoms with Gasteiger partial charge < -0.3 is 10.2 Å². The first kappa shape index (κ1) is 19.9. The van der Waals surface area contributed by atoms with Crippen molar-refractivity contribution in [2.45, 2.75) is 44.4 Å². The van der Waals surface area contributed by atoms with E-state index in [1.807, 2.05) is 18.0 Å². The number of anilines is 1. The van der Waals surface area contributed by atoms with E-state index in [1.165, 1.54) is 26.0 Å². The van der Waals surface area contributed by atoms with Crippen LogP contribution in [0.15, 0.2) is 33.6 Å². The molecule has 1 aromatic carbocycles. The fourth-order valence-corrected chi connectivity index (χ4v) is 3.65. The molecule has 26 heavy (non-hydrogen) atoms. The molecule has 7 nitrogen and oxygen atoms in total. The third-order valence-electron chi connectivity index (χ3n) is 4.30. The Bertz CT molecular complexity index is 853. The van der Waals surface area contributed by atoms with E-state index in [0.29, 0.717) is 17.9 Å². The van der Waals surface area contributed by atoms with Crippen LogP contribution < -0.4 is 5.32 Å². The first-order valence-corrected chi connectivity index (χ1v) is 9.97. The molecule has 1 heterocycles. The molecule has 1 aromatic rings. The number of carbonyl (C=O) groups is 1. The molecule has 0 radical (unpaired) electrons. The van der Waals surface area contributed by atoms with E-state index < -0.39 is 21.3 Å². The van der Waals surface area contributed by atoms with Gasteiger partial charge in [-0.05, 0) is 44.9 Å². The molecule has 1 amide bonds. The lowest BCUT2D eigenvalue weighted by Gasteiger charge is -2.18. The average molecular weight is 376 g/mol. The minimum absolute atomic E-state index is 0.00945. The molecule has 0 bridgehead atoms. The van der Waals surface area contributed by atoms with Gasteiger partial charge in [0.1, 0.15) is 11.3 Å². The smallest absolute Gasteiger partial charge is 0.284 e. The Balaban J connectivity index is 2.28. The van der Waals surface area contributed by atoms with Crippen molar-refractivity contribution in [3.8, 4) is 6.07 Å². The third-order valence-corrected chi connectivity index (χ3v) is 5.60. The van der Waals surface area contributed by atoms with Crippen molar-refractivity contribution in [3.63, 3.8) is 0 Å². The molecular weight excluding hydrogens is 352 g/mol. The summed E-state index contributed by atoms with van der Waals surface area (Å²) in [5.41, 5.74) is -0.896. The summed E-state index contributed by atoms with van der Waals surface area (Å²) >= 11 is 0. The summed E-state index contributed by atoms with van der Waals surface area (Å²) in [5, 5.41) is 11.6. The molecule has 0 aliphatic carbocycles. The van der Waals surface area contributed by atoms with E-state index >= 15 is 0 Å². The Kier molecular flexibility index (Phi) is 6.03. The zero-order chi connectivity index (χ0) is 19.4. The highest BCUT2D eigenvalue weighted by Gasteiger charge is 2.27. The van der Waals surface area contributed by atoms with Crippen LogP contribution in [0.25, 0.3) is 0 Å². The maximum atomic E-state index is 12.7. The number of carbonyl (C=O) groups excluding carboxylic acids is 1. The van der Waals surface area contributed by atoms with Crippen molar-refractivity contribution in [3.05, 3.63) is 24.3 Å². The zero-order valence-electron chi connectivity index (χ0n) is 15.3. The minimum atomic E-state index is -3.88. The highest BCUT2D eigenvalue weighted by Crippen LogP contribution is 2.22. The first-order chi connectivity index (χ1) is 12.2. The molecule has 1 N–H and O–H groups in total. The number of amides is 1. The lowest BCUT2D eigenvalue weighted by molar-refractivity contribution is -0.121. The predicted octanol–water partition coefficient (Wildman–Crippen LogP) is 2.77. The van der Waals surface area contributed by atoms with Crippen LogP contribution in [-0.4, -0.2) is 38.7 Å². The second-order valence-electron chi connectivity index (χ2n) is 6.93. The normalized spacial score (nSPS) is 17.5. The first-order valence-electron chi connectivity index (χ1n) is 8.53. The molecule has 8 heteroatoms. The van der Waals surface area contributed by atoms with Gasteiger partial charge in [0.2, 0.25) is 5.91 Å². The van der Waals surface area contributed by atoms with E-state index in [-0.39, 0.29) is 4.90 Å². The number of sulfonamides is 1. The van der Waals surface area contributed by atoms with Crippen LogP contribution in [0.4, 0.5) is 5.69 Å². The van der Waals surface area contributed by atoms with Gasteiger partial charge in [-0.1, -0.05) is 12.5 Å². The number of nitriles is 1. The molecule has 140 valence electrons. The van der Waals surface area contributed by atoms with Gasteiger partial charge in [0.15, 0.2) is 0 Å². The van der Waals surface area contributed by atoms with Gasteiger partial charge in [0.25, 0.3) is 10.0 Å². The lowest BCUT2D eigenvalue weighted by atomic mass is 9.95. The summed E-state index contributed by atoms with van der Waals surface area (Å²) in [6, 6.07) is 7.84. The quantitative estimate of drug-likeness (QED) is 0.870. The summed E-state index contributed by atoms with van der Waals surface area (Å²) in [6.45, 7) is 3.78. The van der Waals surface area contributed by atoms with E-state index in [9.17, 15) is 13.2 Å². The Hall–Kier alpha value is -2.40. The number of likely N-dealkylation sites (tertiary alicyclic amines) is 1. The van der Waals surface area contributed by atoms with Gasteiger partial charge in [-0.2, -0.15) is 13.7 Å². The largest absolute Gasteiger partial charge is 0.362 e. The van der Waals surface area contributed by atoms with Gasteiger partial charge in [-0.15, -0.1) is 4.40 Å². The van der Waals surface area contributed by atoms with Crippen LogP contribution in [0, 0.1) is 16.7 Å². The van der Waals surface area contributed by atoms with Gasteiger partial charge in [0, 0.05) is 25.7 Å². The van der Waals surface area contributed by atoms with E-state index in [0.717, 1.165) is 25.8 Å². The van der Waals surface area contributed by atoms with Gasteiger partial charge in [-0.3, -0.25) is 4.79 Å². The van der Waals surface area contributed by atoms with Crippen molar-refractivity contribution in [2.24, 2.45) is 9.81 Å². The van der Waals surface area contributed by atoms with Crippen LogP contribution in [0.5, 0.6) is 0 Å². The number of nitrogens with one attached hydrogen (secondary N) is 1. The van der Waals surface area contributed by atoms with Gasteiger partial charge in [-0.25, -0.2) is 0 Å². The van der Waals surface area contributed by atoms with E-state index in [4.69, 9.17) is 5.26 Å². The van der Waals surface area contributed by atoms with E-state index in [1.54, 1.807) is 12.1 Å². The summed E-state index contributed by atoms with van der Waals surface area (Å²) in [4.78, 5) is 14.0. The van der Waals surface area contributed by atoms with Crippen molar-refractivity contribution >= 4 is 27.5 Å². The summed E-state index contributed by atoms with van der Waals surface area (Å²) in [7, 11) is -2.03. The Morgan fingerprint density at radius 2 is 2.04 bits per heavy atom. The Labute approximate surface area is 154 Å². The average Bonchev–Trinajstić information content (AvgIpc) is 2.79. The van der Waals surface area contributed by atoms with Crippen LogP contribution in [0.1, 0.15) is 39.5 Å². The molecule has 0 saturated carbocycles. The van der Waals surface area contributed by atoms with Crippen molar-refractivity contribution in [1.29, 1.82) is 5.26 Å². The SMILES string of the molecule is CN1CCCCC/C1=N\S(=O)(=O)c1cccc(NC(=O)C(C)(C)C#N)c1. The monoisotopic (exact) mass is 376 g/mol. The third kappa shape index (κ3) is 4.82. The molecule has 0 spiro atoms. The molecule has 2 rings (SSSR count). The topological polar surface area (TPSA) is 103 Å². The fourth-order valence-electron chi connectivity index (χ4n) is 2.51.